The van der Waals surface area contributed by atoms with Crippen LogP contribution in [0.3, 0.4) is 0 Å². The van der Waals surface area contributed by atoms with Crippen molar-refractivity contribution in [2.24, 2.45) is 0 Å². The highest BCUT2D eigenvalue weighted by molar-refractivity contribution is 7.99. The first-order valence-corrected chi connectivity index (χ1v) is 8.91. The second-order valence-corrected chi connectivity index (χ2v) is 6.16. The topological polar surface area (TPSA) is 51.8 Å². The summed E-state index contributed by atoms with van der Waals surface area (Å²) in [4.78, 5) is 1.09. The Labute approximate surface area is 145 Å². The molecule has 1 aromatic heterocycles. The molecule has 0 saturated carbocycles. The van der Waals surface area contributed by atoms with Gasteiger partial charge in [-0.2, -0.15) is 0 Å². The van der Waals surface area contributed by atoms with Crippen LogP contribution in [0.4, 0.5) is 0 Å². The minimum Gasteiger partial charge on any atom is -0.468 e. The van der Waals surface area contributed by atoms with E-state index in [4.69, 9.17) is 19.0 Å². The number of benzene rings is 2. The molecule has 0 atom stereocenters. The predicted octanol–water partition coefficient (Wildman–Crippen LogP) is 4.34. The maximum atomic E-state index is 9.15. The Morgan fingerprint density at radius 3 is 2.79 bits per heavy atom. The molecule has 0 bridgehead atoms. The summed E-state index contributed by atoms with van der Waals surface area (Å²) in [7, 11) is 1.60. The number of hydrogen-bond acceptors (Lipinski definition) is 5. The van der Waals surface area contributed by atoms with Crippen LogP contribution in [0.15, 0.2) is 51.8 Å². The molecule has 5 heteroatoms. The standard InChI is InChI=1S/C19H20O4S/c1-21-12-22-15-5-3-4-14(11-15)18-19(24-2)16-10-13(8-9-20)6-7-17(16)23-18/h3-7,10-11,20H,8-9,12H2,1-2H3. The van der Waals surface area contributed by atoms with Gasteiger partial charge in [-0.05, 0) is 42.5 Å². The van der Waals surface area contributed by atoms with Gasteiger partial charge in [0.05, 0.1) is 4.90 Å². The Hall–Kier alpha value is -1.95. The highest BCUT2D eigenvalue weighted by atomic mass is 32.2. The Morgan fingerprint density at radius 1 is 1.17 bits per heavy atom. The summed E-state index contributed by atoms with van der Waals surface area (Å²) in [6.07, 6.45) is 2.68. The highest BCUT2D eigenvalue weighted by Crippen LogP contribution is 2.40. The Morgan fingerprint density at radius 2 is 2.04 bits per heavy atom. The number of hydrogen-bond donors (Lipinski definition) is 1. The molecule has 1 N–H and O–H groups in total. The first kappa shape index (κ1) is 16.9. The van der Waals surface area contributed by atoms with Gasteiger partial charge in [0.25, 0.3) is 0 Å². The Bertz CT molecular complexity index is 825. The lowest BCUT2D eigenvalue weighted by atomic mass is 10.1. The molecule has 0 saturated heterocycles. The third-order valence-electron chi connectivity index (χ3n) is 3.75. The van der Waals surface area contributed by atoms with Crippen molar-refractivity contribution in [3.63, 3.8) is 0 Å². The molecule has 0 aliphatic carbocycles. The van der Waals surface area contributed by atoms with E-state index in [-0.39, 0.29) is 13.4 Å². The molecule has 24 heavy (non-hydrogen) atoms. The van der Waals surface area contributed by atoms with Gasteiger partial charge in [-0.15, -0.1) is 11.8 Å². The maximum absolute atomic E-state index is 9.15. The Kier molecular flexibility index (Phi) is 5.45. The molecular weight excluding hydrogens is 324 g/mol. The Balaban J connectivity index is 2.05. The first-order chi connectivity index (χ1) is 11.8. The van der Waals surface area contributed by atoms with E-state index in [1.807, 2.05) is 42.7 Å². The van der Waals surface area contributed by atoms with E-state index in [0.29, 0.717) is 6.42 Å². The van der Waals surface area contributed by atoms with Crippen LogP contribution in [0, 0.1) is 0 Å². The van der Waals surface area contributed by atoms with Crippen LogP contribution < -0.4 is 4.74 Å². The van der Waals surface area contributed by atoms with Gasteiger partial charge in [-0.25, -0.2) is 0 Å². The number of ether oxygens (including phenoxy) is 2. The highest BCUT2D eigenvalue weighted by Gasteiger charge is 2.16. The van der Waals surface area contributed by atoms with Gasteiger partial charge >= 0.3 is 0 Å². The third-order valence-corrected chi connectivity index (χ3v) is 4.56. The monoisotopic (exact) mass is 344 g/mol. The zero-order valence-corrected chi connectivity index (χ0v) is 14.6. The predicted molar refractivity (Wildman–Crippen MR) is 96.7 cm³/mol. The van der Waals surface area contributed by atoms with E-state index >= 15 is 0 Å². The molecule has 3 aromatic rings. The summed E-state index contributed by atoms with van der Waals surface area (Å²) in [5.74, 6) is 1.57. The van der Waals surface area contributed by atoms with Crippen LogP contribution in [-0.4, -0.2) is 31.9 Å². The summed E-state index contributed by atoms with van der Waals surface area (Å²) < 4.78 is 16.6. The third kappa shape index (κ3) is 3.43. The van der Waals surface area contributed by atoms with Gasteiger partial charge in [-0.1, -0.05) is 18.2 Å². The molecule has 4 nitrogen and oxygen atoms in total. The van der Waals surface area contributed by atoms with Gasteiger partial charge in [0, 0.05) is 24.7 Å². The number of aliphatic hydroxyl groups excluding tert-OH is 1. The smallest absolute Gasteiger partial charge is 0.188 e. The zero-order valence-electron chi connectivity index (χ0n) is 13.7. The molecule has 0 radical (unpaired) electrons. The average Bonchev–Trinajstić information content (AvgIpc) is 2.98. The normalized spacial score (nSPS) is 11.1. The average molecular weight is 344 g/mol. The minimum atomic E-state index is 0.143. The van der Waals surface area contributed by atoms with Crippen molar-refractivity contribution in [2.45, 2.75) is 11.3 Å². The number of furan rings is 1. The molecule has 0 spiro atoms. The number of aliphatic hydroxyl groups is 1. The number of methoxy groups -OCH3 is 1. The summed E-state index contributed by atoms with van der Waals surface area (Å²) in [6.45, 7) is 0.354. The molecular formula is C19H20O4S. The SMILES string of the molecule is COCOc1cccc(-c2oc3ccc(CCO)cc3c2SC)c1. The van der Waals surface area contributed by atoms with E-state index in [0.717, 1.165) is 38.5 Å². The van der Waals surface area contributed by atoms with E-state index in [1.165, 1.54) is 0 Å². The largest absolute Gasteiger partial charge is 0.468 e. The molecule has 0 aliphatic heterocycles. The quantitative estimate of drug-likeness (QED) is 0.510. The lowest BCUT2D eigenvalue weighted by Crippen LogP contribution is -1.98. The van der Waals surface area contributed by atoms with Crippen molar-refractivity contribution in [2.75, 3.05) is 26.8 Å². The van der Waals surface area contributed by atoms with Crippen LogP contribution in [0.1, 0.15) is 5.56 Å². The molecule has 0 unspecified atom stereocenters. The van der Waals surface area contributed by atoms with Crippen LogP contribution in [0.5, 0.6) is 5.75 Å². The second kappa shape index (κ2) is 7.75. The van der Waals surface area contributed by atoms with E-state index in [9.17, 15) is 0 Å². The number of fused-ring (bicyclic) bond motifs is 1. The number of thioether (sulfide) groups is 1. The van der Waals surface area contributed by atoms with Crippen LogP contribution >= 0.6 is 11.8 Å². The van der Waals surface area contributed by atoms with E-state index in [1.54, 1.807) is 18.9 Å². The van der Waals surface area contributed by atoms with Gasteiger partial charge in [-0.3, -0.25) is 0 Å². The summed E-state index contributed by atoms with van der Waals surface area (Å²) in [6, 6.07) is 13.8. The van der Waals surface area contributed by atoms with Gasteiger partial charge in [0.2, 0.25) is 0 Å². The van der Waals surface area contributed by atoms with Crippen molar-refractivity contribution >= 4 is 22.7 Å². The summed E-state index contributed by atoms with van der Waals surface area (Å²) >= 11 is 1.66. The molecule has 126 valence electrons. The van der Waals surface area contributed by atoms with Gasteiger partial charge in [0.1, 0.15) is 17.1 Å². The zero-order chi connectivity index (χ0) is 16.9. The molecule has 0 aliphatic rings. The molecule has 2 aromatic carbocycles. The van der Waals surface area contributed by atoms with Crippen LogP contribution in [0.25, 0.3) is 22.3 Å². The molecule has 1 heterocycles. The van der Waals surface area contributed by atoms with Crippen molar-refractivity contribution in [3.8, 4) is 17.1 Å². The van der Waals surface area contributed by atoms with E-state index < -0.39 is 0 Å². The number of rotatable bonds is 7. The van der Waals surface area contributed by atoms with Crippen molar-refractivity contribution in [1.29, 1.82) is 0 Å². The summed E-state index contributed by atoms with van der Waals surface area (Å²) in [5.41, 5.74) is 2.91. The van der Waals surface area contributed by atoms with Crippen molar-refractivity contribution in [1.82, 2.24) is 0 Å². The fraction of sp³-hybridized carbons (Fsp3) is 0.263. The first-order valence-electron chi connectivity index (χ1n) is 7.69. The maximum Gasteiger partial charge on any atom is 0.188 e. The fourth-order valence-corrected chi connectivity index (χ4v) is 3.38. The lowest BCUT2D eigenvalue weighted by Gasteiger charge is -2.06. The minimum absolute atomic E-state index is 0.143. The second-order valence-electron chi connectivity index (χ2n) is 5.35. The molecule has 0 fully saturated rings. The fourth-order valence-electron chi connectivity index (χ4n) is 2.65. The summed E-state index contributed by atoms with van der Waals surface area (Å²) in [5, 5.41) is 10.2. The van der Waals surface area contributed by atoms with Crippen LogP contribution in [-0.2, 0) is 11.2 Å². The van der Waals surface area contributed by atoms with Gasteiger partial charge in [0.15, 0.2) is 6.79 Å². The molecule has 3 rings (SSSR count). The van der Waals surface area contributed by atoms with Crippen molar-refractivity contribution < 1.29 is 19.0 Å². The molecule has 0 amide bonds. The van der Waals surface area contributed by atoms with Crippen LogP contribution in [0.2, 0.25) is 0 Å². The van der Waals surface area contributed by atoms with Crippen molar-refractivity contribution in [3.05, 3.63) is 48.0 Å². The lowest BCUT2D eigenvalue weighted by molar-refractivity contribution is 0.0511. The van der Waals surface area contributed by atoms with Gasteiger partial charge < -0.3 is 19.0 Å². The van der Waals surface area contributed by atoms with E-state index in [2.05, 4.69) is 6.07 Å².